The van der Waals surface area contributed by atoms with E-state index in [1.54, 1.807) is 13.8 Å². The largest absolute Gasteiger partial charge is 0.459 e. The number of benzene rings is 2. The van der Waals surface area contributed by atoms with E-state index >= 15 is 0 Å². The fourth-order valence-electron chi connectivity index (χ4n) is 3.51. The molecule has 4 rings (SSSR count). The molecule has 11 nitrogen and oxygen atoms in total. The quantitative estimate of drug-likeness (QED) is 0.121. The van der Waals surface area contributed by atoms with E-state index in [4.69, 9.17) is 33.7 Å². The van der Waals surface area contributed by atoms with Crippen molar-refractivity contribution >= 4 is 57.6 Å². The van der Waals surface area contributed by atoms with Gasteiger partial charge in [0.05, 0.1) is 20.5 Å². The van der Waals surface area contributed by atoms with Crippen molar-refractivity contribution in [1.29, 1.82) is 0 Å². The van der Waals surface area contributed by atoms with Crippen LogP contribution in [0.1, 0.15) is 24.4 Å². The summed E-state index contributed by atoms with van der Waals surface area (Å²) in [6.07, 6.45) is -8.39. The zero-order chi connectivity index (χ0) is 33.9. The number of nitro groups is 1. The number of ether oxygens (including phenoxy) is 1. The van der Waals surface area contributed by atoms with Crippen LogP contribution in [0, 0.1) is 15.9 Å². The van der Waals surface area contributed by atoms with Crippen LogP contribution in [0.2, 0.25) is 10.0 Å². The number of hydrogen-bond donors (Lipinski definition) is 1. The van der Waals surface area contributed by atoms with Gasteiger partial charge in [0.15, 0.2) is 6.61 Å². The minimum Gasteiger partial charge on any atom is -0.459 e. The van der Waals surface area contributed by atoms with Crippen LogP contribution >= 0.6 is 34.5 Å². The molecule has 0 fully saturated rings. The van der Waals surface area contributed by atoms with E-state index in [9.17, 15) is 45.6 Å². The molecule has 0 saturated heterocycles. The average Bonchev–Trinajstić information content (AvgIpc) is 3.55. The molecule has 2 N–H and O–H groups in total. The second-order valence-electron chi connectivity index (χ2n) is 8.86. The maximum atomic E-state index is 13.0. The predicted octanol–water partition coefficient (Wildman–Crippen LogP) is 7.20. The van der Waals surface area contributed by atoms with Gasteiger partial charge in [0, 0.05) is 11.7 Å². The van der Waals surface area contributed by atoms with E-state index in [-0.39, 0.29) is 38.3 Å². The maximum absolute atomic E-state index is 13.0. The van der Waals surface area contributed by atoms with Gasteiger partial charge in [-0.1, -0.05) is 39.6 Å². The first-order valence-corrected chi connectivity index (χ1v) is 13.5. The second kappa shape index (κ2) is 13.8. The number of amides is 1. The lowest BCUT2D eigenvalue weighted by Crippen LogP contribution is -2.40. The zero-order valence-electron chi connectivity index (χ0n) is 22.5. The van der Waals surface area contributed by atoms with Crippen LogP contribution in [-0.2, 0) is 17.1 Å². The van der Waals surface area contributed by atoms with Gasteiger partial charge in [0.1, 0.15) is 17.7 Å². The highest BCUT2D eigenvalue weighted by molar-refractivity contribution is 7.13. The third kappa shape index (κ3) is 8.70. The number of nitrogens with zero attached hydrogens (tertiary/aromatic N) is 6. The molecule has 0 saturated carbocycles. The summed E-state index contributed by atoms with van der Waals surface area (Å²) in [6, 6.07) is 6.29. The van der Waals surface area contributed by atoms with Gasteiger partial charge in [0.2, 0.25) is 10.8 Å². The van der Waals surface area contributed by atoms with Crippen LogP contribution in [-0.4, -0.2) is 43.5 Å². The van der Waals surface area contributed by atoms with E-state index in [1.165, 1.54) is 29.2 Å². The molecule has 0 aliphatic rings. The Morgan fingerprint density at radius 1 is 1.09 bits per heavy atom. The molecule has 2 aromatic carbocycles. The first-order valence-electron chi connectivity index (χ1n) is 12.0. The van der Waals surface area contributed by atoms with Gasteiger partial charge >= 0.3 is 18.0 Å². The Bertz CT molecular complexity index is 1660. The van der Waals surface area contributed by atoms with Gasteiger partial charge in [-0.15, -0.1) is 5.10 Å². The normalized spacial score (nSPS) is 11.6. The van der Waals surface area contributed by atoms with Gasteiger partial charge in [0.25, 0.3) is 11.1 Å². The Hall–Kier alpha value is -4.23. The summed E-state index contributed by atoms with van der Waals surface area (Å²) in [7, 11) is 0. The SMILES string of the molecule is CC(C)N(C(=O)COc1nnc(C(F)(F)F)s1)c1ccc(F)cc1.Nc1c([N+](=O)[O-])cnn1-c1c(Cl)cc(C(F)(F)F)cc1Cl. The fourth-order valence-corrected chi connectivity index (χ4v) is 4.72. The summed E-state index contributed by atoms with van der Waals surface area (Å²) in [5, 5.41) is 18.2. The number of nitrogens with two attached hydrogens (primary N) is 1. The Kier molecular flexibility index (Phi) is 10.8. The van der Waals surface area contributed by atoms with Crippen molar-refractivity contribution < 1.29 is 45.2 Å². The van der Waals surface area contributed by atoms with E-state index in [0.717, 1.165) is 10.9 Å². The smallest absolute Gasteiger partial charge is 0.445 e. The number of anilines is 2. The molecular weight excluding hydrogens is 686 g/mol. The second-order valence-corrected chi connectivity index (χ2v) is 10.6. The minimum atomic E-state index is -4.63. The molecule has 4 aromatic rings. The molecule has 0 radical (unpaired) electrons. The van der Waals surface area contributed by atoms with Crippen LogP contribution < -0.4 is 15.4 Å². The van der Waals surface area contributed by atoms with Crippen molar-refractivity contribution in [2.45, 2.75) is 32.2 Å². The number of carbonyl (C=O) groups is 1. The lowest BCUT2D eigenvalue weighted by atomic mass is 10.2. The number of alkyl halides is 6. The first-order chi connectivity index (χ1) is 20.8. The van der Waals surface area contributed by atoms with Gasteiger partial charge in [-0.3, -0.25) is 14.9 Å². The van der Waals surface area contributed by atoms with Crippen molar-refractivity contribution in [1.82, 2.24) is 20.0 Å². The molecule has 1 amide bonds. The highest BCUT2D eigenvalue weighted by Gasteiger charge is 2.36. The number of rotatable bonds is 7. The van der Waals surface area contributed by atoms with E-state index < -0.39 is 57.7 Å². The van der Waals surface area contributed by atoms with Crippen molar-refractivity contribution in [3.8, 4) is 10.9 Å². The molecule has 0 aliphatic heterocycles. The molecular formula is C24H18Cl2F7N7O4S. The molecule has 2 heterocycles. The molecule has 242 valence electrons. The number of hydrogen-bond acceptors (Lipinski definition) is 9. The summed E-state index contributed by atoms with van der Waals surface area (Å²) in [5.74, 6) is -1.34. The summed E-state index contributed by atoms with van der Waals surface area (Å²) < 4.78 is 94.0. The van der Waals surface area contributed by atoms with Crippen LogP contribution in [0.5, 0.6) is 5.19 Å². The molecule has 45 heavy (non-hydrogen) atoms. The van der Waals surface area contributed by atoms with Crippen LogP contribution in [0.4, 0.5) is 47.9 Å². The van der Waals surface area contributed by atoms with Crippen molar-refractivity contribution in [3.05, 3.63) is 79.1 Å². The van der Waals surface area contributed by atoms with Crippen molar-refractivity contribution in [2.24, 2.45) is 0 Å². The summed E-state index contributed by atoms with van der Waals surface area (Å²) in [5.41, 5.74) is 4.23. The van der Waals surface area contributed by atoms with Crippen molar-refractivity contribution in [3.63, 3.8) is 0 Å². The van der Waals surface area contributed by atoms with Gasteiger partial charge in [-0.25, -0.2) is 9.07 Å². The fraction of sp³-hybridized carbons (Fsp3) is 0.250. The molecule has 21 heteroatoms. The Labute approximate surface area is 262 Å². The Morgan fingerprint density at radius 3 is 2.11 bits per heavy atom. The molecule has 0 unspecified atom stereocenters. The third-order valence-electron chi connectivity index (χ3n) is 5.40. The number of carbonyl (C=O) groups excluding carboxylic acids is 1. The Morgan fingerprint density at radius 2 is 1.67 bits per heavy atom. The highest BCUT2D eigenvalue weighted by Crippen LogP contribution is 2.39. The standard InChI is InChI=1S/C14H13F4N3O2S.C10H5Cl2F3N4O2/c1-8(2)21(10-5-3-9(15)4-6-10)11(22)7-23-13-20-19-12(24-13)14(16,17)18;11-5-1-4(10(13,14)15)2-6(12)8(5)18-9(16)7(3-17-18)19(20)21/h3-6,8H,7H2,1-2H3;1-3H,16H2. The van der Waals surface area contributed by atoms with Crippen molar-refractivity contribution in [2.75, 3.05) is 17.2 Å². The summed E-state index contributed by atoms with van der Waals surface area (Å²) in [6.45, 7) is 2.98. The summed E-state index contributed by atoms with van der Waals surface area (Å²) in [4.78, 5) is 23.5. The van der Waals surface area contributed by atoms with E-state index in [2.05, 4.69) is 15.3 Å². The van der Waals surface area contributed by atoms with E-state index in [0.29, 0.717) is 17.8 Å². The van der Waals surface area contributed by atoms with Gasteiger partial charge in [-0.05, 0) is 50.2 Å². The van der Waals surface area contributed by atoms with Gasteiger partial charge in [-0.2, -0.15) is 31.4 Å². The molecule has 2 aromatic heterocycles. The molecule has 0 bridgehead atoms. The van der Waals surface area contributed by atoms with Crippen LogP contribution in [0.15, 0.2) is 42.6 Å². The van der Waals surface area contributed by atoms with E-state index in [1.807, 2.05) is 0 Å². The maximum Gasteiger partial charge on any atom is 0.445 e. The number of nitrogen functional groups attached to an aromatic ring is 1. The molecule has 0 atom stereocenters. The monoisotopic (exact) mass is 703 g/mol. The average molecular weight is 704 g/mol. The number of halogens is 9. The van der Waals surface area contributed by atoms with Gasteiger partial charge < -0.3 is 15.4 Å². The lowest BCUT2D eigenvalue weighted by Gasteiger charge is -2.26. The Balaban J connectivity index is 0.000000248. The third-order valence-corrected chi connectivity index (χ3v) is 6.85. The zero-order valence-corrected chi connectivity index (χ0v) is 24.9. The molecule has 0 aliphatic carbocycles. The van der Waals surface area contributed by atoms with Crippen LogP contribution in [0.3, 0.4) is 0 Å². The first kappa shape index (κ1) is 35.3. The lowest BCUT2D eigenvalue weighted by molar-refractivity contribution is -0.383. The minimum absolute atomic E-state index is 0.170. The topological polar surface area (TPSA) is 142 Å². The van der Waals surface area contributed by atoms with Crippen LogP contribution in [0.25, 0.3) is 5.69 Å². The molecule has 0 spiro atoms. The predicted molar refractivity (Wildman–Crippen MR) is 149 cm³/mol. The number of aromatic nitrogens is 4. The highest BCUT2D eigenvalue weighted by atomic mass is 35.5. The summed E-state index contributed by atoms with van der Waals surface area (Å²) >= 11 is 11.7.